The van der Waals surface area contributed by atoms with E-state index in [0.717, 1.165) is 32.4 Å². The Labute approximate surface area is 111 Å². The third-order valence-electron chi connectivity index (χ3n) is 3.20. The quantitative estimate of drug-likeness (QED) is 0.713. The van der Waals surface area contributed by atoms with Gasteiger partial charge in [0.15, 0.2) is 0 Å². The van der Waals surface area contributed by atoms with Crippen molar-refractivity contribution in [2.24, 2.45) is 0 Å². The molecule has 0 bridgehead atoms. The van der Waals surface area contributed by atoms with Crippen molar-refractivity contribution in [3.63, 3.8) is 0 Å². The maximum Gasteiger partial charge on any atom is 0.237 e. The molecule has 1 saturated heterocycles. The van der Waals surface area contributed by atoms with Crippen molar-refractivity contribution in [2.45, 2.75) is 64.5 Å². The summed E-state index contributed by atoms with van der Waals surface area (Å²) in [6, 6.07) is 0.0105. The zero-order valence-corrected chi connectivity index (χ0v) is 11.8. The largest absolute Gasteiger partial charge is 0.379 e. The van der Waals surface area contributed by atoms with Gasteiger partial charge in [-0.2, -0.15) is 0 Å². The Balaban J connectivity index is 2.10. The van der Waals surface area contributed by atoms with Gasteiger partial charge in [-0.15, -0.1) is 0 Å². The van der Waals surface area contributed by atoms with Gasteiger partial charge < -0.3 is 15.4 Å². The topological polar surface area (TPSA) is 50.4 Å². The van der Waals surface area contributed by atoms with Crippen LogP contribution in [0.1, 0.15) is 52.4 Å². The van der Waals surface area contributed by atoms with Crippen LogP contribution in [0, 0.1) is 0 Å². The summed E-state index contributed by atoms with van der Waals surface area (Å²) >= 11 is 0. The summed E-state index contributed by atoms with van der Waals surface area (Å²) in [6.07, 6.45) is 7.01. The normalized spacial score (nSPS) is 21.4. The van der Waals surface area contributed by atoms with Gasteiger partial charge in [0.25, 0.3) is 0 Å². The Kier molecular flexibility index (Phi) is 8.01. The molecule has 0 aromatic rings. The summed E-state index contributed by atoms with van der Waals surface area (Å²) < 4.78 is 5.44. The first-order valence-electron chi connectivity index (χ1n) is 7.33. The number of hydrogen-bond acceptors (Lipinski definition) is 3. The molecule has 1 rings (SSSR count). The maximum absolute atomic E-state index is 11.9. The molecule has 0 spiro atoms. The van der Waals surface area contributed by atoms with Crippen LogP contribution in [0.3, 0.4) is 0 Å². The molecule has 1 amide bonds. The van der Waals surface area contributed by atoms with E-state index in [0.29, 0.717) is 6.54 Å². The minimum Gasteiger partial charge on any atom is -0.379 e. The molecule has 1 aliphatic rings. The molecule has 0 saturated carbocycles. The third kappa shape index (κ3) is 6.97. The van der Waals surface area contributed by atoms with E-state index in [9.17, 15) is 4.79 Å². The molecular weight excluding hydrogens is 228 g/mol. The number of rotatable bonds is 6. The Bertz CT molecular complexity index is 224. The molecule has 4 heteroatoms. The molecule has 106 valence electrons. The van der Waals surface area contributed by atoms with E-state index in [1.165, 1.54) is 19.3 Å². The zero-order chi connectivity index (χ0) is 13.2. The van der Waals surface area contributed by atoms with Crippen LogP contribution < -0.4 is 10.6 Å². The lowest BCUT2D eigenvalue weighted by molar-refractivity contribution is -0.123. The molecule has 0 aromatic carbocycles. The number of hydrogen-bond donors (Lipinski definition) is 2. The molecule has 1 fully saturated rings. The maximum atomic E-state index is 11.9. The van der Waals surface area contributed by atoms with Crippen LogP contribution in [0.5, 0.6) is 0 Å². The van der Waals surface area contributed by atoms with Crippen molar-refractivity contribution in [3.8, 4) is 0 Å². The molecule has 1 aliphatic heterocycles. The molecule has 1 unspecified atom stereocenters. The summed E-state index contributed by atoms with van der Waals surface area (Å²) in [5.74, 6) is 0.154. The highest BCUT2D eigenvalue weighted by molar-refractivity contribution is 5.81. The second-order valence-corrected chi connectivity index (χ2v) is 5.27. The van der Waals surface area contributed by atoms with Gasteiger partial charge in [-0.3, -0.25) is 4.79 Å². The molecule has 1 atom stereocenters. The fourth-order valence-electron chi connectivity index (χ4n) is 2.16. The fraction of sp³-hybridized carbons (Fsp3) is 0.929. The van der Waals surface area contributed by atoms with Gasteiger partial charge >= 0.3 is 0 Å². The van der Waals surface area contributed by atoms with Gasteiger partial charge in [0.05, 0.1) is 12.1 Å². The first kappa shape index (κ1) is 15.4. The van der Waals surface area contributed by atoms with Gasteiger partial charge in [-0.05, 0) is 39.7 Å². The van der Waals surface area contributed by atoms with E-state index in [2.05, 4.69) is 10.6 Å². The van der Waals surface area contributed by atoms with Crippen molar-refractivity contribution >= 4 is 5.91 Å². The van der Waals surface area contributed by atoms with E-state index in [1.807, 2.05) is 13.8 Å². The molecular formula is C14H28N2O2. The molecule has 0 aliphatic carbocycles. The predicted molar refractivity (Wildman–Crippen MR) is 73.6 cm³/mol. The third-order valence-corrected chi connectivity index (χ3v) is 3.20. The summed E-state index contributed by atoms with van der Waals surface area (Å²) in [4.78, 5) is 11.9. The smallest absolute Gasteiger partial charge is 0.237 e. The van der Waals surface area contributed by atoms with Gasteiger partial charge in [0, 0.05) is 13.2 Å². The van der Waals surface area contributed by atoms with Crippen LogP contribution >= 0.6 is 0 Å². The van der Waals surface area contributed by atoms with Crippen LogP contribution in [-0.2, 0) is 9.53 Å². The second-order valence-electron chi connectivity index (χ2n) is 5.27. The zero-order valence-electron chi connectivity index (χ0n) is 11.8. The summed E-state index contributed by atoms with van der Waals surface area (Å²) in [5.41, 5.74) is 0. The van der Waals surface area contributed by atoms with Gasteiger partial charge in [-0.1, -0.05) is 19.3 Å². The highest BCUT2D eigenvalue weighted by atomic mass is 16.5. The lowest BCUT2D eigenvalue weighted by Gasteiger charge is -2.20. The van der Waals surface area contributed by atoms with Crippen molar-refractivity contribution < 1.29 is 9.53 Å². The van der Waals surface area contributed by atoms with Crippen LogP contribution in [-0.4, -0.2) is 37.7 Å². The average molecular weight is 256 g/mol. The first-order chi connectivity index (χ1) is 8.70. The molecule has 18 heavy (non-hydrogen) atoms. The summed E-state index contributed by atoms with van der Waals surface area (Å²) in [5, 5.41) is 6.33. The molecule has 4 nitrogen and oxygen atoms in total. The monoisotopic (exact) mass is 256 g/mol. The van der Waals surface area contributed by atoms with E-state index in [4.69, 9.17) is 4.74 Å². The van der Waals surface area contributed by atoms with E-state index < -0.39 is 0 Å². The standard InChI is InChI=1S/C14H28N2O2/c1-12(2)18-11-7-10-16-14(17)13-8-5-3-4-6-9-15-13/h12-13,15H,3-11H2,1-2H3,(H,16,17). The van der Waals surface area contributed by atoms with E-state index in [1.54, 1.807) is 0 Å². The number of nitrogens with one attached hydrogen (secondary N) is 2. The van der Waals surface area contributed by atoms with Crippen molar-refractivity contribution in [2.75, 3.05) is 19.7 Å². The van der Waals surface area contributed by atoms with Gasteiger partial charge in [-0.25, -0.2) is 0 Å². The van der Waals surface area contributed by atoms with E-state index >= 15 is 0 Å². The minimum atomic E-state index is 0.0105. The van der Waals surface area contributed by atoms with Crippen molar-refractivity contribution in [3.05, 3.63) is 0 Å². The van der Waals surface area contributed by atoms with Crippen LogP contribution in [0.15, 0.2) is 0 Å². The van der Waals surface area contributed by atoms with E-state index in [-0.39, 0.29) is 18.1 Å². The number of amides is 1. The SMILES string of the molecule is CC(C)OCCCNC(=O)C1CCCCCCN1. The molecule has 0 radical (unpaired) electrons. The van der Waals surface area contributed by atoms with Crippen LogP contribution in [0.25, 0.3) is 0 Å². The number of ether oxygens (including phenoxy) is 1. The van der Waals surface area contributed by atoms with Gasteiger partial charge in [0.1, 0.15) is 0 Å². The number of carbonyl (C=O) groups excluding carboxylic acids is 1. The average Bonchev–Trinajstić information content (AvgIpc) is 2.27. The summed E-state index contributed by atoms with van der Waals surface area (Å²) in [6.45, 7) is 6.45. The van der Waals surface area contributed by atoms with Gasteiger partial charge in [0.2, 0.25) is 5.91 Å². The minimum absolute atomic E-state index is 0.0105. The van der Waals surface area contributed by atoms with Crippen LogP contribution in [0.2, 0.25) is 0 Å². The fourth-order valence-corrected chi connectivity index (χ4v) is 2.16. The molecule has 1 heterocycles. The lowest BCUT2D eigenvalue weighted by atomic mass is 10.0. The first-order valence-corrected chi connectivity index (χ1v) is 7.33. The lowest BCUT2D eigenvalue weighted by Crippen LogP contribution is -2.45. The van der Waals surface area contributed by atoms with Crippen molar-refractivity contribution in [1.29, 1.82) is 0 Å². The Morgan fingerprint density at radius 2 is 2.11 bits per heavy atom. The number of carbonyl (C=O) groups is 1. The molecule has 2 N–H and O–H groups in total. The second kappa shape index (κ2) is 9.34. The highest BCUT2D eigenvalue weighted by Crippen LogP contribution is 2.09. The Morgan fingerprint density at radius 1 is 1.33 bits per heavy atom. The Morgan fingerprint density at radius 3 is 2.89 bits per heavy atom. The Hall–Kier alpha value is -0.610. The summed E-state index contributed by atoms with van der Waals surface area (Å²) in [7, 11) is 0. The van der Waals surface area contributed by atoms with Crippen LogP contribution in [0.4, 0.5) is 0 Å². The highest BCUT2D eigenvalue weighted by Gasteiger charge is 2.17. The van der Waals surface area contributed by atoms with Crippen molar-refractivity contribution in [1.82, 2.24) is 10.6 Å². The molecule has 0 aromatic heterocycles. The predicted octanol–water partition coefficient (Wildman–Crippen LogP) is 1.84.